The van der Waals surface area contributed by atoms with Crippen LogP contribution in [0.4, 0.5) is 0 Å². The number of carbonyl (C=O) groups is 4. The maximum atomic E-state index is 14.0. The number of likely N-dealkylation sites (tertiary alicyclic amines) is 1. The average Bonchev–Trinajstić information content (AvgIpc) is 3.49. The van der Waals surface area contributed by atoms with Gasteiger partial charge in [0.1, 0.15) is 6.04 Å². The van der Waals surface area contributed by atoms with Gasteiger partial charge in [0.05, 0.1) is 36.6 Å². The van der Waals surface area contributed by atoms with Crippen LogP contribution in [0.2, 0.25) is 0 Å². The molecule has 1 aliphatic heterocycles. The first-order valence-corrected chi connectivity index (χ1v) is 17.3. The number of likely N-dealkylation sites (N-methyl/N-ethyl adjacent to an activating group) is 1. The van der Waals surface area contributed by atoms with Crippen LogP contribution < -0.4 is 10.6 Å². The van der Waals surface area contributed by atoms with Gasteiger partial charge in [0, 0.05) is 46.2 Å². The number of methoxy groups -OCH3 is 2. The number of nitrogens with one attached hydrogen (secondary N) is 2. The van der Waals surface area contributed by atoms with Gasteiger partial charge in [0.2, 0.25) is 23.6 Å². The van der Waals surface area contributed by atoms with E-state index < -0.39 is 29.7 Å². The summed E-state index contributed by atoms with van der Waals surface area (Å²) in [5.41, 5.74) is 0.470. The summed E-state index contributed by atoms with van der Waals surface area (Å²) >= 11 is 0. The standard InChI is InChI=1S/C37H62N4O6/c1-12-25(4)33(40(9)31(42)21-24(2)3)30(46-10)23-32(43)41-20-16-19-29(41)34(47-11)26(5)35(44)38-28(36(45)39-37(6,7)8)22-27-17-14-13-15-18-27/h13-15,17-18,24-26,28-30,33-34H,12,16,19-23H2,1-11H3,(H,38,44)(H,39,45)/t25-,26+,28-,29-,30+,33-,34+/m0/s1. The first-order valence-electron chi connectivity index (χ1n) is 17.3. The van der Waals surface area contributed by atoms with Crippen molar-refractivity contribution in [2.45, 2.75) is 130 Å². The lowest BCUT2D eigenvalue weighted by Crippen LogP contribution is -2.56. The van der Waals surface area contributed by atoms with Gasteiger partial charge in [-0.3, -0.25) is 19.2 Å². The fourth-order valence-corrected chi connectivity index (χ4v) is 6.64. The first-order chi connectivity index (χ1) is 22.0. The summed E-state index contributed by atoms with van der Waals surface area (Å²) in [6, 6.07) is 8.25. The number of benzene rings is 1. The Kier molecular flexibility index (Phi) is 15.9. The molecule has 2 N–H and O–H groups in total. The summed E-state index contributed by atoms with van der Waals surface area (Å²) in [7, 11) is 4.97. The number of hydrogen-bond acceptors (Lipinski definition) is 6. The van der Waals surface area contributed by atoms with Gasteiger partial charge >= 0.3 is 0 Å². The minimum absolute atomic E-state index is 0.0416. The zero-order valence-corrected chi connectivity index (χ0v) is 30.8. The van der Waals surface area contributed by atoms with Crippen LogP contribution in [0, 0.1) is 17.8 Å². The van der Waals surface area contributed by atoms with Crippen molar-refractivity contribution in [3.05, 3.63) is 35.9 Å². The molecule has 0 unspecified atom stereocenters. The molecule has 1 aromatic rings. The molecule has 1 aromatic carbocycles. The Morgan fingerprint density at radius 1 is 0.979 bits per heavy atom. The minimum Gasteiger partial charge on any atom is -0.379 e. The van der Waals surface area contributed by atoms with Crippen molar-refractivity contribution < 1.29 is 28.7 Å². The molecule has 0 spiro atoms. The summed E-state index contributed by atoms with van der Waals surface area (Å²) in [5.74, 6) is -0.895. The van der Waals surface area contributed by atoms with Gasteiger partial charge in [0.25, 0.3) is 0 Å². The molecule has 7 atom stereocenters. The largest absolute Gasteiger partial charge is 0.379 e. The molecular weight excluding hydrogens is 596 g/mol. The third-order valence-electron chi connectivity index (χ3n) is 9.30. The number of nitrogens with zero attached hydrogens (tertiary/aromatic N) is 2. The highest BCUT2D eigenvalue weighted by Crippen LogP contribution is 2.29. The van der Waals surface area contributed by atoms with Crippen molar-refractivity contribution in [1.82, 2.24) is 20.4 Å². The van der Waals surface area contributed by atoms with E-state index in [9.17, 15) is 19.2 Å². The smallest absolute Gasteiger partial charge is 0.243 e. The number of carbonyl (C=O) groups excluding carboxylic acids is 4. The van der Waals surface area contributed by atoms with Gasteiger partial charge in [-0.1, -0.05) is 71.4 Å². The topological polar surface area (TPSA) is 117 Å². The molecule has 1 fully saturated rings. The number of ether oxygens (including phenoxy) is 2. The molecule has 0 saturated carbocycles. The molecule has 4 amide bonds. The maximum Gasteiger partial charge on any atom is 0.243 e. The van der Waals surface area contributed by atoms with Crippen LogP contribution in [0.1, 0.15) is 93.1 Å². The van der Waals surface area contributed by atoms with Gasteiger partial charge in [0.15, 0.2) is 0 Å². The van der Waals surface area contributed by atoms with E-state index >= 15 is 0 Å². The molecule has 47 heavy (non-hydrogen) atoms. The molecule has 2 rings (SSSR count). The maximum absolute atomic E-state index is 14.0. The van der Waals surface area contributed by atoms with Crippen LogP contribution in [0.25, 0.3) is 0 Å². The Bertz CT molecular complexity index is 1150. The molecule has 10 heteroatoms. The summed E-state index contributed by atoms with van der Waals surface area (Å²) in [6.45, 7) is 16.3. The molecule has 10 nitrogen and oxygen atoms in total. The van der Waals surface area contributed by atoms with Gasteiger partial charge in [-0.2, -0.15) is 0 Å². The number of hydrogen-bond donors (Lipinski definition) is 2. The van der Waals surface area contributed by atoms with Crippen LogP contribution in [-0.4, -0.2) is 97.1 Å². The van der Waals surface area contributed by atoms with Gasteiger partial charge < -0.3 is 29.9 Å². The Hall–Kier alpha value is -2.98. The summed E-state index contributed by atoms with van der Waals surface area (Å²) in [5, 5.41) is 5.99. The second-order valence-corrected chi connectivity index (χ2v) is 14.7. The van der Waals surface area contributed by atoms with Crippen molar-refractivity contribution in [2.24, 2.45) is 17.8 Å². The number of rotatable bonds is 17. The molecule has 1 heterocycles. The van der Waals surface area contributed by atoms with Gasteiger partial charge in [-0.15, -0.1) is 0 Å². The summed E-state index contributed by atoms with van der Waals surface area (Å²) < 4.78 is 11.9. The van der Waals surface area contributed by atoms with Crippen molar-refractivity contribution in [1.29, 1.82) is 0 Å². The van der Waals surface area contributed by atoms with E-state index in [1.165, 1.54) is 0 Å². The highest BCUT2D eigenvalue weighted by atomic mass is 16.5. The number of amides is 4. The Morgan fingerprint density at radius 3 is 2.15 bits per heavy atom. The quantitative estimate of drug-likeness (QED) is 0.253. The lowest BCUT2D eigenvalue weighted by Gasteiger charge is -2.39. The van der Waals surface area contributed by atoms with E-state index in [4.69, 9.17) is 9.47 Å². The molecule has 0 aliphatic carbocycles. The van der Waals surface area contributed by atoms with Crippen molar-refractivity contribution >= 4 is 23.6 Å². The lowest BCUT2D eigenvalue weighted by atomic mass is 9.90. The molecule has 0 aromatic heterocycles. The second-order valence-electron chi connectivity index (χ2n) is 14.7. The third kappa shape index (κ3) is 11.9. The van der Waals surface area contributed by atoms with E-state index in [1.54, 1.807) is 26.0 Å². The highest BCUT2D eigenvalue weighted by Gasteiger charge is 2.42. The minimum atomic E-state index is -0.777. The second kappa shape index (κ2) is 18.5. The van der Waals surface area contributed by atoms with Crippen LogP contribution in [0.3, 0.4) is 0 Å². The van der Waals surface area contributed by atoms with Crippen molar-refractivity contribution in [2.75, 3.05) is 27.8 Å². The van der Waals surface area contributed by atoms with E-state index in [1.807, 2.05) is 76.9 Å². The summed E-state index contributed by atoms with van der Waals surface area (Å²) in [6.07, 6.45) is 2.14. The Morgan fingerprint density at radius 2 is 1.62 bits per heavy atom. The zero-order valence-electron chi connectivity index (χ0n) is 30.8. The van der Waals surface area contributed by atoms with E-state index in [0.29, 0.717) is 25.8 Å². The SMILES string of the molecule is CC[C@H](C)[C@@H]([C@@H](CC(=O)N1CCC[C@H]1[C@H](OC)[C@@H](C)C(=O)N[C@@H](Cc1ccccc1)C(=O)NC(C)(C)C)OC)N(C)C(=O)CC(C)C. The van der Waals surface area contributed by atoms with Crippen LogP contribution >= 0.6 is 0 Å². The van der Waals surface area contributed by atoms with Crippen LogP contribution in [0.5, 0.6) is 0 Å². The first kappa shape index (κ1) is 40.2. The van der Waals surface area contributed by atoms with E-state index in [0.717, 1.165) is 18.4 Å². The predicted octanol–water partition coefficient (Wildman–Crippen LogP) is 4.60. The Labute approximate surface area is 283 Å². The predicted molar refractivity (Wildman–Crippen MR) is 186 cm³/mol. The van der Waals surface area contributed by atoms with E-state index in [-0.39, 0.29) is 54.0 Å². The normalized spacial score (nSPS) is 19.0. The highest BCUT2D eigenvalue weighted by molar-refractivity contribution is 5.89. The van der Waals surface area contributed by atoms with Gasteiger partial charge in [-0.25, -0.2) is 0 Å². The van der Waals surface area contributed by atoms with Crippen LogP contribution in [-0.2, 0) is 35.1 Å². The fourth-order valence-electron chi connectivity index (χ4n) is 6.64. The average molecular weight is 659 g/mol. The molecule has 266 valence electrons. The molecule has 1 aliphatic rings. The lowest BCUT2D eigenvalue weighted by molar-refractivity contribution is -0.146. The molecule has 1 saturated heterocycles. The monoisotopic (exact) mass is 658 g/mol. The fraction of sp³-hybridized carbons (Fsp3) is 0.730. The molecular formula is C37H62N4O6. The van der Waals surface area contributed by atoms with Crippen molar-refractivity contribution in [3.8, 4) is 0 Å². The Balaban J connectivity index is 2.24. The van der Waals surface area contributed by atoms with Crippen LogP contribution in [0.15, 0.2) is 30.3 Å². The summed E-state index contributed by atoms with van der Waals surface area (Å²) in [4.78, 5) is 57.7. The van der Waals surface area contributed by atoms with Gasteiger partial charge in [-0.05, 0) is 51.0 Å². The van der Waals surface area contributed by atoms with E-state index in [2.05, 4.69) is 24.5 Å². The zero-order chi connectivity index (χ0) is 35.5. The third-order valence-corrected chi connectivity index (χ3v) is 9.30. The molecule has 0 bridgehead atoms. The van der Waals surface area contributed by atoms with Crippen molar-refractivity contribution in [3.63, 3.8) is 0 Å². The molecule has 0 radical (unpaired) electrons.